The highest BCUT2D eigenvalue weighted by Gasteiger charge is 2.23. The van der Waals surface area contributed by atoms with Gasteiger partial charge in [0, 0.05) is 12.6 Å². The zero-order chi connectivity index (χ0) is 16.7. The third-order valence-electron chi connectivity index (χ3n) is 3.47. The second-order valence-corrected chi connectivity index (χ2v) is 5.86. The van der Waals surface area contributed by atoms with Crippen LogP contribution in [0.1, 0.15) is 39.3 Å². The van der Waals surface area contributed by atoms with Gasteiger partial charge in [0.15, 0.2) is 0 Å². The molecule has 3 unspecified atom stereocenters. The number of carbonyl (C=O) groups excluding carboxylic acids is 2. The SMILES string of the molecule is CC(C)OC(=O)C(C)CNC(=O)C(C)C(N)c1ccccc1.Cl. The number of esters is 1. The fourth-order valence-electron chi connectivity index (χ4n) is 1.97. The van der Waals surface area contributed by atoms with Gasteiger partial charge in [0.05, 0.1) is 17.9 Å². The molecule has 23 heavy (non-hydrogen) atoms. The number of halogens is 1. The first kappa shape index (κ1) is 21.4. The number of ether oxygens (including phenoxy) is 1. The van der Waals surface area contributed by atoms with Gasteiger partial charge in [-0.15, -0.1) is 12.4 Å². The van der Waals surface area contributed by atoms with Gasteiger partial charge in [0.1, 0.15) is 0 Å². The summed E-state index contributed by atoms with van der Waals surface area (Å²) in [7, 11) is 0. The van der Waals surface area contributed by atoms with Gasteiger partial charge in [-0.25, -0.2) is 0 Å². The lowest BCUT2D eigenvalue weighted by atomic mass is 9.94. The highest BCUT2D eigenvalue weighted by Crippen LogP contribution is 2.19. The summed E-state index contributed by atoms with van der Waals surface area (Å²) in [6, 6.07) is 9.12. The van der Waals surface area contributed by atoms with E-state index >= 15 is 0 Å². The molecule has 1 amide bonds. The van der Waals surface area contributed by atoms with E-state index in [2.05, 4.69) is 5.32 Å². The van der Waals surface area contributed by atoms with Crippen LogP contribution in [0.15, 0.2) is 30.3 Å². The molecule has 0 fully saturated rings. The molecule has 1 aromatic rings. The van der Waals surface area contributed by atoms with Crippen molar-refractivity contribution < 1.29 is 14.3 Å². The van der Waals surface area contributed by atoms with Crippen LogP contribution in [0.4, 0.5) is 0 Å². The minimum absolute atomic E-state index is 0. The summed E-state index contributed by atoms with van der Waals surface area (Å²) in [4.78, 5) is 23.9. The van der Waals surface area contributed by atoms with Crippen LogP contribution in [-0.2, 0) is 14.3 Å². The molecule has 6 heteroatoms. The Kier molecular flexibility index (Phi) is 9.53. The van der Waals surface area contributed by atoms with Gasteiger partial charge < -0.3 is 15.8 Å². The maximum atomic E-state index is 12.2. The van der Waals surface area contributed by atoms with Crippen LogP contribution in [0.2, 0.25) is 0 Å². The zero-order valence-electron chi connectivity index (χ0n) is 14.1. The molecule has 0 saturated heterocycles. The van der Waals surface area contributed by atoms with Crippen LogP contribution >= 0.6 is 12.4 Å². The predicted molar refractivity (Wildman–Crippen MR) is 93.2 cm³/mol. The van der Waals surface area contributed by atoms with E-state index < -0.39 is 0 Å². The second kappa shape index (κ2) is 10.2. The number of carbonyl (C=O) groups is 2. The number of amides is 1. The molecule has 0 saturated carbocycles. The summed E-state index contributed by atoms with van der Waals surface area (Å²) >= 11 is 0. The Hall–Kier alpha value is -1.59. The average molecular weight is 343 g/mol. The van der Waals surface area contributed by atoms with Crippen molar-refractivity contribution in [2.75, 3.05) is 6.54 Å². The van der Waals surface area contributed by atoms with Crippen molar-refractivity contribution in [3.05, 3.63) is 35.9 Å². The summed E-state index contributed by atoms with van der Waals surface area (Å²) in [5.41, 5.74) is 7.03. The standard InChI is InChI=1S/C17H26N2O3.ClH/c1-11(2)22-17(21)12(3)10-19-16(20)13(4)15(18)14-8-6-5-7-9-14;/h5-9,11-13,15H,10,18H2,1-4H3,(H,19,20);1H. The van der Waals surface area contributed by atoms with E-state index in [9.17, 15) is 9.59 Å². The van der Waals surface area contributed by atoms with E-state index in [1.807, 2.05) is 30.3 Å². The molecule has 0 aliphatic heterocycles. The molecule has 130 valence electrons. The molecular formula is C17H27ClN2O3. The van der Waals surface area contributed by atoms with Gasteiger partial charge >= 0.3 is 5.97 Å². The van der Waals surface area contributed by atoms with Crippen molar-refractivity contribution in [1.82, 2.24) is 5.32 Å². The molecule has 0 spiro atoms. The summed E-state index contributed by atoms with van der Waals surface area (Å²) in [6.07, 6.45) is -0.156. The van der Waals surface area contributed by atoms with Crippen LogP contribution in [0.5, 0.6) is 0 Å². The number of hydrogen-bond donors (Lipinski definition) is 2. The normalized spacial score (nSPS) is 14.3. The Bertz CT molecular complexity index is 494. The van der Waals surface area contributed by atoms with Gasteiger partial charge in [-0.3, -0.25) is 9.59 Å². The highest BCUT2D eigenvalue weighted by atomic mass is 35.5. The summed E-state index contributed by atoms with van der Waals surface area (Å²) < 4.78 is 5.11. The molecule has 3 atom stereocenters. The lowest BCUT2D eigenvalue weighted by molar-refractivity contribution is -0.151. The Morgan fingerprint density at radius 1 is 1.13 bits per heavy atom. The predicted octanol–water partition coefficient (Wildman–Crippen LogP) is 2.45. The molecule has 0 heterocycles. The molecule has 1 aromatic carbocycles. The molecule has 1 rings (SSSR count). The van der Waals surface area contributed by atoms with E-state index in [0.717, 1.165) is 5.56 Å². The monoisotopic (exact) mass is 342 g/mol. The fraction of sp³-hybridized carbons (Fsp3) is 0.529. The van der Waals surface area contributed by atoms with Gasteiger partial charge in [0.2, 0.25) is 5.91 Å². The van der Waals surface area contributed by atoms with E-state index in [4.69, 9.17) is 10.5 Å². The van der Waals surface area contributed by atoms with Crippen LogP contribution in [0, 0.1) is 11.8 Å². The summed E-state index contributed by atoms with van der Waals surface area (Å²) in [5.74, 6) is -1.24. The Morgan fingerprint density at radius 2 is 1.70 bits per heavy atom. The molecular weight excluding hydrogens is 316 g/mol. The maximum Gasteiger partial charge on any atom is 0.310 e. The topological polar surface area (TPSA) is 81.4 Å². The number of nitrogens with two attached hydrogens (primary N) is 1. The quantitative estimate of drug-likeness (QED) is 0.746. The van der Waals surface area contributed by atoms with Crippen molar-refractivity contribution in [2.24, 2.45) is 17.6 Å². The minimum Gasteiger partial charge on any atom is -0.463 e. The van der Waals surface area contributed by atoms with Crippen molar-refractivity contribution in [2.45, 2.75) is 39.8 Å². The summed E-state index contributed by atoms with van der Waals surface area (Å²) in [5, 5.41) is 2.77. The number of hydrogen-bond acceptors (Lipinski definition) is 4. The van der Waals surface area contributed by atoms with Gasteiger partial charge in [-0.2, -0.15) is 0 Å². The Labute approximate surface area is 144 Å². The third kappa shape index (κ3) is 7.01. The van der Waals surface area contributed by atoms with Crippen molar-refractivity contribution in [3.63, 3.8) is 0 Å². The number of nitrogens with one attached hydrogen (secondary N) is 1. The largest absolute Gasteiger partial charge is 0.463 e. The van der Waals surface area contributed by atoms with Crippen molar-refractivity contribution >= 4 is 24.3 Å². The minimum atomic E-state index is -0.383. The molecule has 3 N–H and O–H groups in total. The molecule has 0 aromatic heterocycles. The molecule has 0 bridgehead atoms. The number of benzene rings is 1. The molecule has 0 aliphatic carbocycles. The number of rotatable bonds is 7. The molecule has 5 nitrogen and oxygen atoms in total. The third-order valence-corrected chi connectivity index (χ3v) is 3.47. The summed E-state index contributed by atoms with van der Waals surface area (Å²) in [6.45, 7) is 7.35. The van der Waals surface area contributed by atoms with Crippen LogP contribution in [0.25, 0.3) is 0 Å². The van der Waals surface area contributed by atoms with Crippen LogP contribution in [-0.4, -0.2) is 24.5 Å². The highest BCUT2D eigenvalue weighted by molar-refractivity contribution is 5.85. The van der Waals surface area contributed by atoms with Crippen LogP contribution < -0.4 is 11.1 Å². The van der Waals surface area contributed by atoms with Gasteiger partial charge in [0.25, 0.3) is 0 Å². The van der Waals surface area contributed by atoms with E-state index in [0.29, 0.717) is 0 Å². The lowest BCUT2D eigenvalue weighted by Gasteiger charge is -2.21. The first-order valence-corrected chi connectivity index (χ1v) is 7.61. The lowest BCUT2D eigenvalue weighted by Crippen LogP contribution is -2.39. The first-order valence-electron chi connectivity index (χ1n) is 7.61. The molecule has 0 aliphatic rings. The van der Waals surface area contributed by atoms with Crippen molar-refractivity contribution in [3.8, 4) is 0 Å². The van der Waals surface area contributed by atoms with E-state index in [1.165, 1.54) is 0 Å². The smallest absolute Gasteiger partial charge is 0.310 e. The molecule has 0 radical (unpaired) electrons. The van der Waals surface area contributed by atoms with Gasteiger partial charge in [-0.05, 0) is 19.4 Å². The Balaban J connectivity index is 0.00000484. The van der Waals surface area contributed by atoms with Crippen LogP contribution in [0.3, 0.4) is 0 Å². The van der Waals surface area contributed by atoms with Crippen molar-refractivity contribution in [1.29, 1.82) is 0 Å². The second-order valence-electron chi connectivity index (χ2n) is 5.86. The maximum absolute atomic E-state index is 12.2. The fourth-order valence-corrected chi connectivity index (χ4v) is 1.97. The van der Waals surface area contributed by atoms with E-state index in [-0.39, 0.29) is 54.8 Å². The first-order chi connectivity index (χ1) is 10.3. The van der Waals surface area contributed by atoms with E-state index in [1.54, 1.807) is 27.7 Å². The zero-order valence-corrected chi connectivity index (χ0v) is 14.9. The average Bonchev–Trinajstić information content (AvgIpc) is 2.50. The van der Waals surface area contributed by atoms with Gasteiger partial charge in [-0.1, -0.05) is 44.2 Å². The Morgan fingerprint density at radius 3 is 2.22 bits per heavy atom.